The summed E-state index contributed by atoms with van der Waals surface area (Å²) in [5.74, 6) is -1.15. The SMILES string of the molecule is C=C(C)c1ccc(C2C[C@@]3(C)C(CC[C@@]3(O)C(F)(F)C#CSP(I)I)C3CCC4=CC(=O)CCC4=C23)cc1. The van der Waals surface area contributed by atoms with Gasteiger partial charge in [-0.05, 0) is 152 Å². The van der Waals surface area contributed by atoms with Gasteiger partial charge in [-0.25, -0.2) is 0 Å². The van der Waals surface area contributed by atoms with E-state index in [1.807, 2.05) is 19.9 Å². The molecular weight excluding hydrogens is 747 g/mol. The van der Waals surface area contributed by atoms with Gasteiger partial charge < -0.3 is 5.11 Å². The van der Waals surface area contributed by atoms with Gasteiger partial charge in [-0.15, -0.1) is 0 Å². The van der Waals surface area contributed by atoms with Crippen LogP contribution in [0.4, 0.5) is 8.78 Å². The van der Waals surface area contributed by atoms with Gasteiger partial charge in [0.15, 0.2) is 5.78 Å². The van der Waals surface area contributed by atoms with Crippen LogP contribution in [0.5, 0.6) is 0 Å². The fourth-order valence-electron chi connectivity index (χ4n) is 7.70. The number of carbonyl (C=O) groups is 1. The molecule has 0 heterocycles. The lowest BCUT2D eigenvalue weighted by molar-refractivity contribution is -0.209. The molecule has 1 aromatic rings. The number of ketones is 1. The van der Waals surface area contributed by atoms with Gasteiger partial charge in [0.25, 0.3) is 0 Å². The van der Waals surface area contributed by atoms with Crippen LogP contribution in [0.15, 0.2) is 53.6 Å². The molecule has 3 unspecified atom stereocenters. The molecule has 2 nitrogen and oxygen atoms in total. The van der Waals surface area contributed by atoms with E-state index in [0.717, 1.165) is 41.5 Å². The predicted molar refractivity (Wildman–Crippen MR) is 172 cm³/mol. The van der Waals surface area contributed by atoms with Gasteiger partial charge in [0, 0.05) is 17.8 Å². The van der Waals surface area contributed by atoms with Gasteiger partial charge in [-0.3, -0.25) is 4.79 Å². The molecule has 0 saturated heterocycles. The quantitative estimate of drug-likeness (QED) is 0.188. The molecule has 0 amide bonds. The van der Waals surface area contributed by atoms with Crippen molar-refractivity contribution in [2.75, 3.05) is 0 Å². The van der Waals surface area contributed by atoms with E-state index in [1.165, 1.54) is 22.5 Å². The first kappa shape index (κ1) is 29.2. The second kappa shape index (κ2) is 10.9. The number of hydrogen-bond acceptors (Lipinski definition) is 3. The monoisotopic (exact) mass is 778 g/mol. The minimum Gasteiger partial charge on any atom is -0.382 e. The lowest BCUT2D eigenvalue weighted by atomic mass is 9.50. The molecule has 0 aromatic heterocycles. The highest BCUT2D eigenvalue weighted by atomic mass is 127. The van der Waals surface area contributed by atoms with Crippen LogP contribution in [0.25, 0.3) is 5.57 Å². The lowest BCUT2D eigenvalue weighted by Crippen LogP contribution is -2.60. The number of benzene rings is 1. The Bertz CT molecular complexity index is 1300. The van der Waals surface area contributed by atoms with Gasteiger partial charge in [0.05, 0.1) is 2.41 Å². The maximum Gasteiger partial charge on any atom is 0.337 e. The van der Waals surface area contributed by atoms with Crippen LogP contribution >= 0.6 is 57.9 Å². The Morgan fingerprint density at radius 2 is 1.92 bits per heavy atom. The molecule has 0 aliphatic heterocycles. The first-order valence-corrected chi connectivity index (χ1v) is 21.3. The Morgan fingerprint density at radius 1 is 1.21 bits per heavy atom. The Hall–Kier alpha value is -0.270. The molecule has 38 heavy (non-hydrogen) atoms. The highest BCUT2D eigenvalue weighted by Gasteiger charge is 2.71. The second-order valence-electron chi connectivity index (χ2n) is 11.4. The molecule has 0 spiro atoms. The standard InChI is InChI=1S/C30H31F2I2O2PS/c1-18(2)19-4-6-20(7-5-19)25-17-28(3)26(12-13-29(28,36)30(31,32)14-15-38-37(33)34)24-10-8-21-16-22(35)9-11-23(21)27(24)25/h4-7,16,24-26,36H,1,8-13,17H2,2-3H3/t24?,25?,26?,28-,29-/m0/s1. The van der Waals surface area contributed by atoms with E-state index in [4.69, 9.17) is 0 Å². The summed E-state index contributed by atoms with van der Waals surface area (Å²) in [6, 6.07) is 8.31. The number of rotatable bonds is 4. The molecule has 4 aliphatic rings. The van der Waals surface area contributed by atoms with Crippen molar-refractivity contribution in [1.82, 2.24) is 0 Å². The smallest absolute Gasteiger partial charge is 0.337 e. The number of halogens is 4. The van der Waals surface area contributed by atoms with E-state index in [1.54, 1.807) is 0 Å². The van der Waals surface area contributed by atoms with Gasteiger partial charge >= 0.3 is 5.92 Å². The Labute approximate surface area is 255 Å². The third-order valence-corrected chi connectivity index (χ3v) is 14.1. The highest BCUT2D eigenvalue weighted by Crippen LogP contribution is 2.69. The zero-order valence-corrected chi connectivity index (χ0v) is 27.5. The molecule has 202 valence electrons. The molecule has 1 N–H and O–H groups in total. The zero-order chi connectivity index (χ0) is 27.5. The topological polar surface area (TPSA) is 37.3 Å². The first-order valence-electron chi connectivity index (χ1n) is 13.0. The van der Waals surface area contributed by atoms with Gasteiger partial charge in [0.2, 0.25) is 0 Å². The van der Waals surface area contributed by atoms with E-state index >= 15 is 8.78 Å². The fraction of sp³-hybridized carbons (Fsp3) is 0.500. The van der Waals surface area contributed by atoms with Crippen LogP contribution in [0.1, 0.15) is 75.8 Å². The number of allylic oxidation sites excluding steroid dienone is 5. The zero-order valence-electron chi connectivity index (χ0n) is 21.5. The minimum atomic E-state index is -3.50. The van der Waals surface area contributed by atoms with Crippen molar-refractivity contribution in [2.24, 2.45) is 17.3 Å². The lowest BCUT2D eigenvalue weighted by Gasteiger charge is -2.55. The Kier molecular flexibility index (Phi) is 8.35. The summed E-state index contributed by atoms with van der Waals surface area (Å²) in [4.78, 5) is 12.3. The maximum absolute atomic E-state index is 15.9. The molecular formula is C30H31F2I2O2PS. The van der Waals surface area contributed by atoms with Crippen molar-refractivity contribution < 1.29 is 18.7 Å². The number of aliphatic hydroxyl groups is 1. The summed E-state index contributed by atoms with van der Waals surface area (Å²) >= 11 is 5.61. The van der Waals surface area contributed by atoms with Crippen LogP contribution in [-0.4, -0.2) is 22.4 Å². The third-order valence-electron chi connectivity index (χ3n) is 9.53. The summed E-state index contributed by atoms with van der Waals surface area (Å²) in [5.41, 5.74) is 3.66. The van der Waals surface area contributed by atoms with Crippen LogP contribution in [0, 0.1) is 28.4 Å². The molecule has 5 atom stereocenters. The maximum atomic E-state index is 15.9. The highest BCUT2D eigenvalue weighted by molar-refractivity contribution is 14.3. The third kappa shape index (κ3) is 4.91. The van der Waals surface area contributed by atoms with Crippen LogP contribution in [0.3, 0.4) is 0 Å². The van der Waals surface area contributed by atoms with Crippen molar-refractivity contribution in [3.05, 3.63) is 64.8 Å². The van der Waals surface area contributed by atoms with Crippen molar-refractivity contribution >= 4 is 69.2 Å². The van der Waals surface area contributed by atoms with E-state index in [9.17, 15) is 9.90 Å². The summed E-state index contributed by atoms with van der Waals surface area (Å²) < 4.78 is 31.2. The Morgan fingerprint density at radius 3 is 2.58 bits per heavy atom. The number of fused-ring (bicyclic) bond motifs is 4. The molecule has 4 aliphatic carbocycles. The summed E-state index contributed by atoms with van der Waals surface area (Å²) in [5, 5.41) is 14.5. The van der Waals surface area contributed by atoms with E-state index < -0.39 is 19.3 Å². The van der Waals surface area contributed by atoms with Gasteiger partial charge in [-0.1, -0.05) is 48.9 Å². The average molecular weight is 778 g/mol. The van der Waals surface area contributed by atoms with Crippen LogP contribution in [-0.2, 0) is 4.79 Å². The number of hydrogen-bond donors (Lipinski definition) is 1. The number of carbonyl (C=O) groups excluding carboxylic acids is 1. The van der Waals surface area contributed by atoms with Crippen LogP contribution in [0.2, 0.25) is 0 Å². The van der Waals surface area contributed by atoms with Gasteiger partial charge in [-0.2, -0.15) is 8.78 Å². The largest absolute Gasteiger partial charge is 0.382 e. The van der Waals surface area contributed by atoms with E-state index in [0.29, 0.717) is 19.3 Å². The molecule has 1 aromatic carbocycles. The predicted octanol–water partition coefficient (Wildman–Crippen LogP) is 9.78. The number of alkyl halides is 2. The molecule has 2 fully saturated rings. The molecule has 2 saturated carbocycles. The first-order chi connectivity index (χ1) is 17.9. The van der Waals surface area contributed by atoms with Crippen molar-refractivity contribution in [1.29, 1.82) is 0 Å². The normalized spacial score (nSPS) is 32.7. The molecule has 8 heteroatoms. The molecule has 0 radical (unpaired) electrons. The summed E-state index contributed by atoms with van der Waals surface area (Å²) in [6.07, 6.45) is 5.71. The minimum absolute atomic E-state index is 0.0470. The van der Waals surface area contributed by atoms with Crippen molar-refractivity contribution in [3.8, 4) is 11.2 Å². The summed E-state index contributed by atoms with van der Waals surface area (Å²) in [7, 11) is 0. The fourth-order valence-corrected chi connectivity index (χ4v) is 10.1. The van der Waals surface area contributed by atoms with E-state index in [2.05, 4.69) is 86.1 Å². The second-order valence-corrected chi connectivity index (χ2v) is 29.1. The summed E-state index contributed by atoms with van der Waals surface area (Å²) in [6.45, 7) is 7.91. The van der Waals surface area contributed by atoms with Gasteiger partial charge in [0.1, 0.15) is 5.60 Å². The molecule has 5 rings (SSSR count). The van der Waals surface area contributed by atoms with Crippen LogP contribution < -0.4 is 0 Å². The molecule has 0 bridgehead atoms. The Balaban J connectivity index is 1.63. The van der Waals surface area contributed by atoms with Crippen molar-refractivity contribution in [2.45, 2.75) is 76.2 Å². The average Bonchev–Trinajstić information content (AvgIpc) is 3.14. The van der Waals surface area contributed by atoms with E-state index in [-0.39, 0.29) is 30.0 Å². The van der Waals surface area contributed by atoms with Crippen molar-refractivity contribution in [3.63, 3.8) is 0 Å².